The third kappa shape index (κ3) is 2.06. The van der Waals surface area contributed by atoms with E-state index in [-0.39, 0.29) is 10.7 Å². The van der Waals surface area contributed by atoms with Crippen LogP contribution in [0.1, 0.15) is 13.3 Å². The molecule has 1 saturated heterocycles. The van der Waals surface area contributed by atoms with E-state index in [0.717, 1.165) is 24.4 Å². The fraction of sp³-hybridized carbons (Fsp3) is 0.500. The molecule has 4 nitrogen and oxygen atoms in total. The zero-order chi connectivity index (χ0) is 13.5. The summed E-state index contributed by atoms with van der Waals surface area (Å²) >= 11 is 1.62. The fourth-order valence-electron chi connectivity index (χ4n) is 2.51. The quantitative estimate of drug-likeness (QED) is 0.625. The van der Waals surface area contributed by atoms with Gasteiger partial charge in [0.05, 0.1) is 13.7 Å². The number of anilines is 1. The van der Waals surface area contributed by atoms with Crippen LogP contribution in [-0.4, -0.2) is 31.0 Å². The Morgan fingerprint density at radius 1 is 1.47 bits per heavy atom. The van der Waals surface area contributed by atoms with E-state index in [2.05, 4.69) is 4.31 Å². The average molecular weight is 279 g/mol. The topological polar surface area (TPSA) is 38.8 Å². The second-order valence-corrected chi connectivity index (χ2v) is 6.21. The molecule has 0 radical (unpaired) electrons. The van der Waals surface area contributed by atoms with E-state index in [1.54, 1.807) is 19.1 Å². The number of hydrogen-bond donors (Lipinski definition) is 0. The molecule has 102 valence electrons. The second-order valence-electron chi connectivity index (χ2n) is 4.86. The van der Waals surface area contributed by atoms with Gasteiger partial charge in [-0.1, -0.05) is 0 Å². The first-order valence-electron chi connectivity index (χ1n) is 6.47. The van der Waals surface area contributed by atoms with Crippen LogP contribution in [0.2, 0.25) is 0 Å². The molecule has 1 saturated carbocycles. The van der Waals surface area contributed by atoms with Crippen LogP contribution >= 0.6 is 11.9 Å². The fourth-order valence-corrected chi connectivity index (χ4v) is 4.02. The monoisotopic (exact) mass is 279 g/mol. The first kappa shape index (κ1) is 12.7. The number of carbonyl (C=O) groups excluding carboxylic acids is 1. The van der Waals surface area contributed by atoms with Gasteiger partial charge in [-0.3, -0.25) is 4.79 Å². The normalized spacial score (nSPS) is 27.9. The van der Waals surface area contributed by atoms with E-state index < -0.39 is 0 Å². The van der Waals surface area contributed by atoms with Crippen LogP contribution < -0.4 is 9.04 Å². The van der Waals surface area contributed by atoms with Crippen LogP contribution in [0, 0.1) is 5.92 Å². The van der Waals surface area contributed by atoms with Gasteiger partial charge >= 0.3 is 5.97 Å². The van der Waals surface area contributed by atoms with Crippen LogP contribution in [-0.2, 0) is 9.53 Å². The van der Waals surface area contributed by atoms with Crippen molar-refractivity contribution in [2.24, 2.45) is 5.92 Å². The number of esters is 1. The number of rotatable bonds is 4. The van der Waals surface area contributed by atoms with Gasteiger partial charge in [-0.15, -0.1) is 0 Å². The summed E-state index contributed by atoms with van der Waals surface area (Å²) in [5, 5.41) is 0. The minimum absolute atomic E-state index is 0.0546. The van der Waals surface area contributed by atoms with Crippen molar-refractivity contribution in [3.63, 3.8) is 0 Å². The highest BCUT2D eigenvalue weighted by Crippen LogP contribution is 2.62. The van der Waals surface area contributed by atoms with E-state index in [0.29, 0.717) is 12.5 Å². The molecule has 1 aromatic rings. The molecule has 3 rings (SSSR count). The summed E-state index contributed by atoms with van der Waals surface area (Å²) in [4.78, 5) is 12.0. The van der Waals surface area contributed by atoms with Crippen LogP contribution in [0.25, 0.3) is 0 Å². The van der Waals surface area contributed by atoms with E-state index >= 15 is 0 Å². The molecule has 2 fully saturated rings. The van der Waals surface area contributed by atoms with E-state index in [1.807, 2.05) is 31.2 Å². The zero-order valence-electron chi connectivity index (χ0n) is 11.1. The van der Waals surface area contributed by atoms with Crippen molar-refractivity contribution in [2.75, 3.05) is 24.6 Å². The Labute approximate surface area is 117 Å². The minimum atomic E-state index is -0.310. The molecule has 19 heavy (non-hydrogen) atoms. The summed E-state index contributed by atoms with van der Waals surface area (Å²) in [5.74, 6) is 1.22. The number of fused-ring (bicyclic) bond motifs is 1. The molecule has 0 aromatic heterocycles. The number of nitrogens with zero attached hydrogens (tertiary/aromatic N) is 1. The summed E-state index contributed by atoms with van der Waals surface area (Å²) in [6, 6.07) is 7.93. The van der Waals surface area contributed by atoms with Crippen molar-refractivity contribution in [1.29, 1.82) is 0 Å². The lowest BCUT2D eigenvalue weighted by molar-refractivity contribution is -0.143. The third-order valence-corrected chi connectivity index (χ3v) is 5.26. The molecular weight excluding hydrogens is 262 g/mol. The smallest absolute Gasteiger partial charge is 0.324 e. The van der Waals surface area contributed by atoms with Crippen molar-refractivity contribution < 1.29 is 14.3 Å². The van der Waals surface area contributed by atoms with Crippen LogP contribution in [0.4, 0.5) is 5.69 Å². The number of ether oxygens (including phenoxy) is 2. The zero-order valence-corrected chi connectivity index (χ0v) is 11.9. The summed E-state index contributed by atoms with van der Waals surface area (Å²) in [6.45, 7) is 3.22. The molecule has 2 aliphatic rings. The Bertz CT molecular complexity index is 490. The lowest BCUT2D eigenvalue weighted by Gasteiger charge is -2.21. The highest BCUT2D eigenvalue weighted by Gasteiger charge is 2.67. The number of hydrogen-bond acceptors (Lipinski definition) is 5. The summed E-state index contributed by atoms with van der Waals surface area (Å²) in [6.07, 6.45) is 0.948. The molecule has 0 bridgehead atoms. The molecule has 0 N–H and O–H groups in total. The predicted molar refractivity (Wildman–Crippen MR) is 75.4 cm³/mol. The first-order valence-corrected chi connectivity index (χ1v) is 7.25. The SMILES string of the molecule is CCOC(=O)C12CC1CN(c1ccc(OC)cc1)S2. The Balaban J connectivity index is 1.71. The highest BCUT2D eigenvalue weighted by atomic mass is 32.2. The van der Waals surface area contributed by atoms with E-state index in [1.165, 1.54) is 0 Å². The van der Waals surface area contributed by atoms with Gasteiger partial charge in [0, 0.05) is 18.2 Å². The lowest BCUT2D eigenvalue weighted by atomic mass is 10.2. The van der Waals surface area contributed by atoms with E-state index in [4.69, 9.17) is 9.47 Å². The van der Waals surface area contributed by atoms with Crippen molar-refractivity contribution in [2.45, 2.75) is 18.1 Å². The van der Waals surface area contributed by atoms with Gasteiger partial charge in [0.1, 0.15) is 10.5 Å². The molecule has 0 amide bonds. The first-order chi connectivity index (χ1) is 9.19. The van der Waals surface area contributed by atoms with Gasteiger partial charge in [-0.2, -0.15) is 0 Å². The molecular formula is C14H17NO3S. The van der Waals surface area contributed by atoms with Gasteiger partial charge in [0.2, 0.25) is 0 Å². The largest absolute Gasteiger partial charge is 0.497 e. The van der Waals surface area contributed by atoms with Crippen LogP contribution in [0.15, 0.2) is 24.3 Å². The van der Waals surface area contributed by atoms with E-state index in [9.17, 15) is 4.79 Å². The van der Waals surface area contributed by atoms with Crippen molar-refractivity contribution in [1.82, 2.24) is 0 Å². The highest BCUT2D eigenvalue weighted by molar-refractivity contribution is 8.03. The van der Waals surface area contributed by atoms with Gasteiger partial charge in [0.15, 0.2) is 0 Å². The maximum absolute atomic E-state index is 12.0. The second kappa shape index (κ2) is 4.63. The van der Waals surface area contributed by atoms with Crippen LogP contribution in [0.5, 0.6) is 5.75 Å². The molecule has 2 unspecified atom stereocenters. The van der Waals surface area contributed by atoms with Crippen molar-refractivity contribution >= 4 is 23.6 Å². The number of methoxy groups -OCH3 is 1. The standard InChI is InChI=1S/C14H17NO3S/c1-3-18-13(16)14-8-10(14)9-15(19-14)11-4-6-12(17-2)7-5-11/h4-7,10H,3,8-9H2,1-2H3. The Hall–Kier alpha value is -1.36. The molecule has 1 aliphatic heterocycles. The molecule has 1 heterocycles. The van der Waals surface area contributed by atoms with Crippen molar-refractivity contribution in [3.05, 3.63) is 24.3 Å². The molecule has 2 atom stereocenters. The molecule has 1 aliphatic carbocycles. The lowest BCUT2D eigenvalue weighted by Crippen LogP contribution is -2.23. The third-order valence-electron chi connectivity index (χ3n) is 3.69. The maximum atomic E-state index is 12.0. The van der Waals surface area contributed by atoms with Gasteiger partial charge in [-0.05, 0) is 49.6 Å². The number of carbonyl (C=O) groups is 1. The molecule has 1 aromatic carbocycles. The van der Waals surface area contributed by atoms with Gasteiger partial charge in [-0.25, -0.2) is 0 Å². The average Bonchev–Trinajstić information content (AvgIpc) is 3.02. The predicted octanol–water partition coefficient (Wildman–Crippen LogP) is 2.49. The number of benzene rings is 1. The molecule has 5 heteroatoms. The Morgan fingerprint density at radius 2 is 2.21 bits per heavy atom. The minimum Gasteiger partial charge on any atom is -0.497 e. The van der Waals surface area contributed by atoms with Gasteiger partial charge < -0.3 is 13.8 Å². The maximum Gasteiger partial charge on any atom is 0.324 e. The summed E-state index contributed by atoms with van der Waals surface area (Å²) in [5.41, 5.74) is 1.11. The Kier molecular flexibility index (Phi) is 3.09. The Morgan fingerprint density at radius 3 is 2.84 bits per heavy atom. The van der Waals surface area contributed by atoms with Crippen LogP contribution in [0.3, 0.4) is 0 Å². The molecule has 0 spiro atoms. The summed E-state index contributed by atoms with van der Waals surface area (Å²) < 4.78 is 12.2. The summed E-state index contributed by atoms with van der Waals surface area (Å²) in [7, 11) is 1.66. The van der Waals surface area contributed by atoms with Gasteiger partial charge in [0.25, 0.3) is 0 Å². The van der Waals surface area contributed by atoms with Crippen molar-refractivity contribution in [3.8, 4) is 5.75 Å².